The first-order valence-electron chi connectivity index (χ1n) is 11.7. The molecule has 10 heteroatoms. The Bertz CT molecular complexity index is 1130. The molecular formula is C26H33NO8S. The number of rotatable bonds is 17. The van der Waals surface area contributed by atoms with Gasteiger partial charge in [-0.3, -0.25) is 14.3 Å². The fourth-order valence-electron chi connectivity index (χ4n) is 3.35. The molecule has 2 aromatic carbocycles. The van der Waals surface area contributed by atoms with E-state index in [9.17, 15) is 18.0 Å². The lowest BCUT2D eigenvalue weighted by Crippen LogP contribution is -2.17. The number of allylic oxidation sites excluding steroid dienone is 1. The maximum atomic E-state index is 12.2. The number of hydrogen-bond acceptors (Lipinski definition) is 6. The average molecular weight is 520 g/mol. The van der Waals surface area contributed by atoms with Crippen LogP contribution in [0.4, 0.5) is 5.69 Å². The average Bonchev–Trinajstić information content (AvgIpc) is 2.82. The van der Waals surface area contributed by atoms with Gasteiger partial charge < -0.3 is 19.7 Å². The Kier molecular flexibility index (Phi) is 11.8. The van der Waals surface area contributed by atoms with Crippen LogP contribution < -0.4 is 14.2 Å². The van der Waals surface area contributed by atoms with Crippen molar-refractivity contribution >= 4 is 33.7 Å². The summed E-state index contributed by atoms with van der Waals surface area (Å²) in [7, 11) is -2.10. The number of carboxylic acid groups (broad SMARTS) is 2. The van der Waals surface area contributed by atoms with Crippen LogP contribution in [0, 0.1) is 0 Å². The first-order valence-corrected chi connectivity index (χ1v) is 13.3. The van der Waals surface area contributed by atoms with E-state index in [4.69, 9.17) is 19.7 Å². The molecule has 3 N–H and O–H groups in total. The fourth-order valence-corrected chi connectivity index (χ4v) is 4.46. The summed E-state index contributed by atoms with van der Waals surface area (Å²) in [5.41, 5.74) is 1.96. The first-order chi connectivity index (χ1) is 17.2. The third-order valence-electron chi connectivity index (χ3n) is 5.19. The van der Waals surface area contributed by atoms with Gasteiger partial charge >= 0.3 is 11.9 Å². The minimum Gasteiger partial charge on any atom is -0.497 e. The van der Waals surface area contributed by atoms with Crippen LogP contribution in [-0.4, -0.2) is 50.0 Å². The highest BCUT2D eigenvalue weighted by molar-refractivity contribution is 7.92. The SMILES string of the molecule is COc1ccc(C=CCCCCOc2ccc(NS(=O)(=O)CCCC(=O)O)cc2CCC(=O)O)cc1. The molecule has 0 bridgehead atoms. The first kappa shape index (κ1) is 28.7. The van der Waals surface area contributed by atoms with Crippen LogP contribution in [0.3, 0.4) is 0 Å². The van der Waals surface area contributed by atoms with Crippen molar-refractivity contribution in [1.29, 1.82) is 0 Å². The van der Waals surface area contributed by atoms with E-state index in [1.807, 2.05) is 30.3 Å². The summed E-state index contributed by atoms with van der Waals surface area (Å²) >= 11 is 0. The third-order valence-corrected chi connectivity index (χ3v) is 6.57. The number of benzene rings is 2. The van der Waals surface area contributed by atoms with Gasteiger partial charge in [-0.2, -0.15) is 0 Å². The molecule has 9 nitrogen and oxygen atoms in total. The highest BCUT2D eigenvalue weighted by Gasteiger charge is 2.14. The predicted octanol–water partition coefficient (Wildman–Crippen LogP) is 4.58. The summed E-state index contributed by atoms with van der Waals surface area (Å²) in [6, 6.07) is 12.5. The second kappa shape index (κ2) is 14.8. The number of methoxy groups -OCH3 is 1. The van der Waals surface area contributed by atoms with Gasteiger partial charge in [0.15, 0.2) is 0 Å². The predicted molar refractivity (Wildman–Crippen MR) is 138 cm³/mol. The second-order valence-electron chi connectivity index (χ2n) is 8.15. The lowest BCUT2D eigenvalue weighted by atomic mass is 10.1. The van der Waals surface area contributed by atoms with Crippen LogP contribution in [0.1, 0.15) is 49.7 Å². The molecule has 0 saturated heterocycles. The van der Waals surface area contributed by atoms with Crippen LogP contribution in [0.2, 0.25) is 0 Å². The number of hydrogen-bond donors (Lipinski definition) is 3. The maximum Gasteiger partial charge on any atom is 0.303 e. The fraction of sp³-hybridized carbons (Fsp3) is 0.385. The van der Waals surface area contributed by atoms with Crippen molar-refractivity contribution in [3.05, 3.63) is 59.7 Å². The molecule has 0 heterocycles. The van der Waals surface area contributed by atoms with E-state index in [2.05, 4.69) is 10.8 Å². The number of nitrogens with one attached hydrogen (secondary N) is 1. The minimum atomic E-state index is -3.73. The molecule has 0 aliphatic heterocycles. The third kappa shape index (κ3) is 11.3. The Labute approximate surface area is 211 Å². The molecule has 0 aliphatic carbocycles. The number of unbranched alkanes of at least 4 members (excludes halogenated alkanes) is 2. The molecule has 0 radical (unpaired) electrons. The highest BCUT2D eigenvalue weighted by Crippen LogP contribution is 2.25. The normalized spacial score (nSPS) is 11.4. The molecular weight excluding hydrogens is 486 g/mol. The van der Waals surface area contributed by atoms with Crippen LogP contribution in [-0.2, 0) is 26.0 Å². The molecule has 0 saturated carbocycles. The zero-order valence-electron chi connectivity index (χ0n) is 20.3. The summed E-state index contributed by atoms with van der Waals surface area (Å²) in [5.74, 6) is -1.03. The van der Waals surface area contributed by atoms with Gasteiger partial charge in [-0.1, -0.05) is 24.3 Å². The van der Waals surface area contributed by atoms with Crippen LogP contribution in [0.15, 0.2) is 48.5 Å². The summed E-state index contributed by atoms with van der Waals surface area (Å²) in [6.45, 7) is 0.441. The van der Waals surface area contributed by atoms with E-state index >= 15 is 0 Å². The summed E-state index contributed by atoms with van der Waals surface area (Å²) < 4.78 is 37.9. The van der Waals surface area contributed by atoms with Gasteiger partial charge in [-0.25, -0.2) is 8.42 Å². The highest BCUT2D eigenvalue weighted by atomic mass is 32.2. The van der Waals surface area contributed by atoms with Crippen molar-refractivity contribution in [1.82, 2.24) is 0 Å². The van der Waals surface area contributed by atoms with Crippen LogP contribution in [0.5, 0.6) is 11.5 Å². The number of aliphatic carboxylic acids is 2. The van der Waals surface area contributed by atoms with Crippen molar-refractivity contribution in [3.8, 4) is 11.5 Å². The Morgan fingerprint density at radius 2 is 1.69 bits per heavy atom. The molecule has 36 heavy (non-hydrogen) atoms. The molecule has 2 aromatic rings. The molecule has 0 amide bonds. The Hall–Kier alpha value is -3.53. The number of ether oxygens (including phenoxy) is 2. The van der Waals surface area contributed by atoms with Crippen molar-refractivity contribution < 1.29 is 37.7 Å². The van der Waals surface area contributed by atoms with Gasteiger partial charge in [0, 0.05) is 18.5 Å². The molecule has 196 valence electrons. The van der Waals surface area contributed by atoms with E-state index in [0.29, 0.717) is 17.9 Å². The minimum absolute atomic E-state index is 0.00693. The second-order valence-corrected chi connectivity index (χ2v) is 10.00. The van der Waals surface area contributed by atoms with Gasteiger partial charge in [0.05, 0.1) is 19.5 Å². The van der Waals surface area contributed by atoms with Gasteiger partial charge in [0.25, 0.3) is 0 Å². The van der Waals surface area contributed by atoms with E-state index in [-0.39, 0.29) is 37.1 Å². The zero-order valence-corrected chi connectivity index (χ0v) is 21.1. The zero-order chi connectivity index (χ0) is 26.4. The Balaban J connectivity index is 1.88. The van der Waals surface area contributed by atoms with E-state index in [0.717, 1.165) is 30.6 Å². The molecule has 0 spiro atoms. The smallest absolute Gasteiger partial charge is 0.303 e. The molecule has 0 fully saturated rings. The molecule has 0 atom stereocenters. The van der Waals surface area contributed by atoms with E-state index in [1.54, 1.807) is 25.3 Å². The monoisotopic (exact) mass is 519 g/mol. The summed E-state index contributed by atoms with van der Waals surface area (Å²) in [4.78, 5) is 21.7. The number of carboxylic acids is 2. The Morgan fingerprint density at radius 3 is 2.36 bits per heavy atom. The summed E-state index contributed by atoms with van der Waals surface area (Å²) in [6.07, 6.45) is 6.54. The standard InChI is InChI=1S/C26H33NO8S/c1-34-23-13-9-20(10-14-23)7-4-2-3-5-17-35-24-15-12-22(19-21(24)11-16-26(30)31)27-36(32,33)18-6-8-25(28)29/h4,7,9-10,12-15,19,27H,2-3,5-6,8,11,16-18H2,1H3,(H,28,29)(H,30,31). The maximum absolute atomic E-state index is 12.2. The van der Waals surface area contributed by atoms with Gasteiger partial charge in [0.1, 0.15) is 11.5 Å². The molecule has 0 unspecified atom stereocenters. The lowest BCUT2D eigenvalue weighted by molar-refractivity contribution is -0.138. The van der Waals surface area contributed by atoms with Gasteiger partial charge in [-0.15, -0.1) is 0 Å². The number of sulfonamides is 1. The molecule has 0 aliphatic rings. The number of anilines is 1. The van der Waals surface area contributed by atoms with Crippen molar-refractivity contribution in [2.45, 2.75) is 44.9 Å². The van der Waals surface area contributed by atoms with Crippen LogP contribution in [0.25, 0.3) is 6.08 Å². The van der Waals surface area contributed by atoms with E-state index < -0.39 is 22.0 Å². The van der Waals surface area contributed by atoms with Gasteiger partial charge in [-0.05, 0) is 73.6 Å². The Morgan fingerprint density at radius 1 is 0.972 bits per heavy atom. The van der Waals surface area contributed by atoms with Crippen LogP contribution >= 0.6 is 0 Å². The van der Waals surface area contributed by atoms with Crippen molar-refractivity contribution in [2.75, 3.05) is 24.2 Å². The van der Waals surface area contributed by atoms with Crippen molar-refractivity contribution in [3.63, 3.8) is 0 Å². The van der Waals surface area contributed by atoms with Crippen molar-refractivity contribution in [2.24, 2.45) is 0 Å². The molecule has 2 rings (SSSR count). The number of aryl methyl sites for hydroxylation is 1. The number of carbonyl (C=O) groups is 2. The summed E-state index contributed by atoms with van der Waals surface area (Å²) in [5, 5.41) is 17.7. The quantitative estimate of drug-likeness (QED) is 0.258. The lowest BCUT2D eigenvalue weighted by Gasteiger charge is -2.14. The van der Waals surface area contributed by atoms with E-state index in [1.165, 1.54) is 0 Å². The van der Waals surface area contributed by atoms with Gasteiger partial charge in [0.2, 0.25) is 10.0 Å². The largest absolute Gasteiger partial charge is 0.497 e. The molecule has 0 aromatic heterocycles. The topological polar surface area (TPSA) is 139 Å².